The normalized spacial score (nSPS) is 12.4. The van der Waals surface area contributed by atoms with Crippen molar-refractivity contribution in [2.75, 3.05) is 33.1 Å². The van der Waals surface area contributed by atoms with Crippen LogP contribution in [0.15, 0.2) is 72.0 Å². The number of hydrogen-bond acceptors (Lipinski definition) is 10. The van der Waals surface area contributed by atoms with Gasteiger partial charge in [-0.3, -0.25) is 9.97 Å². The Morgan fingerprint density at radius 3 is 2.51 bits per heavy atom. The molecule has 0 radical (unpaired) electrons. The number of pyridine rings is 3. The molecule has 3 heterocycles. The molecule has 0 saturated carbocycles. The van der Waals surface area contributed by atoms with Gasteiger partial charge in [-0.1, -0.05) is 6.07 Å². The van der Waals surface area contributed by atoms with E-state index in [0.717, 1.165) is 22.9 Å². The highest BCUT2D eigenvalue weighted by Gasteiger charge is 2.17. The summed E-state index contributed by atoms with van der Waals surface area (Å²) in [6.07, 6.45) is 4.80. The standard InChI is InChI=1S/C28H27FN6O5S/c1-38-26-9-22-21-8-24(35-28(31)23(21)14-33-25(22)10-27(26)39-2)16-6-19(13-32-11-16)40-15-18(30)12-34-41(36,37)20-5-3-4-17(29)7-20/h3-11,13-14,18,34H,12,15,30H2,1-2H3,(H2,31,35)/t18-/m0/s1. The molecule has 41 heavy (non-hydrogen) atoms. The smallest absolute Gasteiger partial charge is 0.240 e. The number of halogens is 1. The summed E-state index contributed by atoms with van der Waals surface area (Å²) in [6, 6.07) is 11.3. The molecule has 212 valence electrons. The first-order chi connectivity index (χ1) is 19.7. The first kappa shape index (κ1) is 28.0. The highest BCUT2D eigenvalue weighted by molar-refractivity contribution is 7.89. The number of nitrogens with zero attached hydrogens (tertiary/aromatic N) is 3. The van der Waals surface area contributed by atoms with Crippen molar-refractivity contribution in [3.63, 3.8) is 0 Å². The van der Waals surface area contributed by atoms with Crippen LogP contribution in [0.3, 0.4) is 0 Å². The van der Waals surface area contributed by atoms with E-state index >= 15 is 0 Å². The number of ether oxygens (including phenoxy) is 3. The molecule has 0 amide bonds. The molecule has 11 nitrogen and oxygen atoms in total. The molecule has 5 N–H and O–H groups in total. The fourth-order valence-corrected chi connectivity index (χ4v) is 5.37. The van der Waals surface area contributed by atoms with Crippen molar-refractivity contribution in [3.8, 4) is 28.5 Å². The van der Waals surface area contributed by atoms with Crippen LogP contribution in [0.2, 0.25) is 0 Å². The van der Waals surface area contributed by atoms with Gasteiger partial charge in [0.1, 0.15) is 24.0 Å². The molecule has 3 aromatic heterocycles. The molecule has 13 heteroatoms. The fourth-order valence-electron chi connectivity index (χ4n) is 4.24. The summed E-state index contributed by atoms with van der Waals surface area (Å²) < 4.78 is 57.3. The lowest BCUT2D eigenvalue weighted by atomic mass is 10.0. The van der Waals surface area contributed by atoms with Gasteiger partial charge in [-0.15, -0.1) is 0 Å². The average molecular weight is 579 g/mol. The average Bonchev–Trinajstić information content (AvgIpc) is 2.98. The minimum atomic E-state index is -3.93. The molecule has 0 aliphatic rings. The molecule has 5 aromatic rings. The van der Waals surface area contributed by atoms with Gasteiger partial charge in [0.25, 0.3) is 0 Å². The first-order valence-corrected chi connectivity index (χ1v) is 13.9. The molecular formula is C28H27FN6O5S. The molecule has 0 spiro atoms. The van der Waals surface area contributed by atoms with Gasteiger partial charge in [0.15, 0.2) is 11.5 Å². The number of methoxy groups -OCH3 is 2. The number of aromatic nitrogens is 3. The van der Waals surface area contributed by atoms with E-state index < -0.39 is 21.9 Å². The van der Waals surface area contributed by atoms with E-state index in [4.69, 9.17) is 25.7 Å². The number of hydrogen-bond donors (Lipinski definition) is 3. The van der Waals surface area contributed by atoms with Crippen LogP contribution in [0.25, 0.3) is 32.9 Å². The SMILES string of the molecule is COc1cc2ncc3c(N)nc(-c4cncc(OC[C@@H](N)CNS(=O)(=O)c5cccc(F)c5)c4)cc3c2cc1OC. The van der Waals surface area contributed by atoms with Crippen molar-refractivity contribution in [3.05, 3.63) is 72.9 Å². The van der Waals surface area contributed by atoms with E-state index in [0.29, 0.717) is 45.2 Å². The summed E-state index contributed by atoms with van der Waals surface area (Å²) in [6.45, 7) is -0.133. The van der Waals surface area contributed by atoms with E-state index in [1.165, 1.54) is 18.3 Å². The van der Waals surface area contributed by atoms with Gasteiger partial charge in [0, 0.05) is 41.3 Å². The van der Waals surface area contributed by atoms with Crippen LogP contribution in [-0.2, 0) is 10.0 Å². The Labute approximate surface area is 235 Å². The molecule has 1 atom stereocenters. The topological polar surface area (TPSA) is 165 Å². The van der Waals surface area contributed by atoms with Crippen LogP contribution >= 0.6 is 0 Å². The Kier molecular flexibility index (Phi) is 7.83. The predicted octanol–water partition coefficient (Wildman–Crippen LogP) is 3.27. The molecular weight excluding hydrogens is 551 g/mol. The lowest BCUT2D eigenvalue weighted by Gasteiger charge is -2.15. The number of anilines is 1. The number of nitrogens with one attached hydrogen (secondary N) is 1. The number of benzene rings is 2. The molecule has 0 aliphatic carbocycles. The maximum Gasteiger partial charge on any atom is 0.240 e. The molecule has 0 bridgehead atoms. The number of nitrogen functional groups attached to an aromatic ring is 1. The van der Waals surface area contributed by atoms with Crippen LogP contribution in [0, 0.1) is 5.82 Å². The maximum absolute atomic E-state index is 13.4. The minimum absolute atomic E-state index is 0.0119. The summed E-state index contributed by atoms with van der Waals surface area (Å²) in [7, 11) is -0.805. The molecule has 0 saturated heterocycles. The molecule has 0 aliphatic heterocycles. The zero-order chi connectivity index (χ0) is 29.1. The molecule has 0 unspecified atom stereocenters. The van der Waals surface area contributed by atoms with Gasteiger partial charge >= 0.3 is 0 Å². The van der Waals surface area contributed by atoms with Crippen molar-refractivity contribution in [1.82, 2.24) is 19.7 Å². The largest absolute Gasteiger partial charge is 0.493 e. The van der Waals surface area contributed by atoms with Crippen molar-refractivity contribution in [2.24, 2.45) is 5.73 Å². The monoisotopic (exact) mass is 578 g/mol. The third-order valence-electron chi connectivity index (χ3n) is 6.33. The van der Waals surface area contributed by atoms with E-state index in [2.05, 4.69) is 19.7 Å². The van der Waals surface area contributed by atoms with Crippen LogP contribution in [0.5, 0.6) is 17.2 Å². The molecule has 0 fully saturated rings. The second-order valence-electron chi connectivity index (χ2n) is 9.13. The molecule has 5 rings (SSSR count). The van der Waals surface area contributed by atoms with E-state index in [-0.39, 0.29) is 18.0 Å². The summed E-state index contributed by atoms with van der Waals surface area (Å²) in [5.41, 5.74) is 14.3. The van der Waals surface area contributed by atoms with E-state index in [9.17, 15) is 12.8 Å². The zero-order valence-electron chi connectivity index (χ0n) is 22.2. The van der Waals surface area contributed by atoms with Gasteiger partial charge in [-0.05, 0) is 41.8 Å². The maximum atomic E-state index is 13.4. The lowest BCUT2D eigenvalue weighted by Crippen LogP contribution is -2.40. The van der Waals surface area contributed by atoms with Crippen molar-refractivity contribution >= 4 is 37.5 Å². The quantitative estimate of drug-likeness (QED) is 0.210. The Bertz CT molecular complexity index is 1850. The molecule has 2 aromatic carbocycles. The van der Waals surface area contributed by atoms with Gasteiger partial charge < -0.3 is 25.7 Å². The second kappa shape index (κ2) is 11.5. The zero-order valence-corrected chi connectivity index (χ0v) is 23.0. The summed E-state index contributed by atoms with van der Waals surface area (Å²) in [4.78, 5) is 13.1. The Balaban J connectivity index is 1.35. The Morgan fingerprint density at radius 2 is 1.76 bits per heavy atom. The Hall–Kier alpha value is -4.59. The Morgan fingerprint density at radius 1 is 0.976 bits per heavy atom. The fraction of sp³-hybridized carbons (Fsp3) is 0.179. The lowest BCUT2D eigenvalue weighted by molar-refractivity contribution is 0.287. The first-order valence-electron chi connectivity index (χ1n) is 12.4. The highest BCUT2D eigenvalue weighted by atomic mass is 32.2. The van der Waals surface area contributed by atoms with Crippen molar-refractivity contribution in [1.29, 1.82) is 0 Å². The van der Waals surface area contributed by atoms with E-state index in [1.807, 2.05) is 12.1 Å². The number of fused-ring (bicyclic) bond motifs is 3. The van der Waals surface area contributed by atoms with Crippen LogP contribution < -0.4 is 30.4 Å². The third kappa shape index (κ3) is 5.96. The summed E-state index contributed by atoms with van der Waals surface area (Å²) in [5, 5.41) is 2.31. The number of rotatable bonds is 10. The highest BCUT2D eigenvalue weighted by Crippen LogP contribution is 2.37. The van der Waals surface area contributed by atoms with Gasteiger partial charge in [0.2, 0.25) is 10.0 Å². The van der Waals surface area contributed by atoms with Crippen LogP contribution in [0.1, 0.15) is 0 Å². The summed E-state index contributed by atoms with van der Waals surface area (Å²) in [5.74, 6) is 1.15. The number of nitrogens with two attached hydrogens (primary N) is 2. The van der Waals surface area contributed by atoms with Crippen molar-refractivity contribution < 1.29 is 27.0 Å². The van der Waals surface area contributed by atoms with Crippen LogP contribution in [0.4, 0.5) is 10.2 Å². The second-order valence-corrected chi connectivity index (χ2v) is 10.9. The third-order valence-corrected chi connectivity index (χ3v) is 7.75. The van der Waals surface area contributed by atoms with Gasteiger partial charge in [0.05, 0.1) is 42.6 Å². The van der Waals surface area contributed by atoms with Gasteiger partial charge in [-0.2, -0.15) is 0 Å². The van der Waals surface area contributed by atoms with Crippen LogP contribution in [-0.4, -0.2) is 56.8 Å². The van der Waals surface area contributed by atoms with Crippen molar-refractivity contribution in [2.45, 2.75) is 10.9 Å². The van der Waals surface area contributed by atoms with E-state index in [1.54, 1.807) is 38.7 Å². The summed E-state index contributed by atoms with van der Waals surface area (Å²) >= 11 is 0. The minimum Gasteiger partial charge on any atom is -0.493 e. The number of sulfonamides is 1. The predicted molar refractivity (Wildman–Crippen MR) is 153 cm³/mol. The van der Waals surface area contributed by atoms with Gasteiger partial charge in [-0.25, -0.2) is 22.5 Å².